The first-order valence-electron chi connectivity index (χ1n) is 22.8. The fraction of sp³-hybridized carbons (Fsp3) is 0.509. The highest BCUT2D eigenvalue weighted by atomic mass is 32.2. The summed E-state index contributed by atoms with van der Waals surface area (Å²) in [7, 11) is 1.56. The van der Waals surface area contributed by atoms with Crippen LogP contribution >= 0.6 is 24.4 Å². The molecule has 1 heterocycles. The summed E-state index contributed by atoms with van der Waals surface area (Å²) in [6.45, 7) is 29.5. The van der Waals surface area contributed by atoms with Crippen molar-refractivity contribution in [2.45, 2.75) is 138 Å². The summed E-state index contributed by atoms with van der Waals surface area (Å²) in [5, 5.41) is 3.50. The molecular formula is C53H78N4O4S2. The molecule has 2 atom stereocenters. The Morgan fingerprint density at radius 2 is 1.73 bits per heavy atom. The number of ether oxygens (including phenoxy) is 2. The van der Waals surface area contributed by atoms with Gasteiger partial charge in [0.05, 0.1) is 19.4 Å². The van der Waals surface area contributed by atoms with Crippen LogP contribution in [0.1, 0.15) is 133 Å². The Morgan fingerprint density at radius 1 is 1.03 bits per heavy atom. The van der Waals surface area contributed by atoms with Crippen LogP contribution in [0.15, 0.2) is 88.3 Å². The number of benzene rings is 3. The summed E-state index contributed by atoms with van der Waals surface area (Å²) in [6, 6.07) is 18.6. The first-order chi connectivity index (χ1) is 30.0. The molecule has 1 aliphatic rings. The fourth-order valence-corrected chi connectivity index (χ4v) is 8.18. The molecule has 3 aromatic carbocycles. The second kappa shape index (κ2) is 27.8. The van der Waals surface area contributed by atoms with Crippen LogP contribution in [0, 0.1) is 19.8 Å². The molecule has 1 aliphatic heterocycles. The molecule has 0 spiro atoms. The number of allylic oxidation sites excluding steroid dienone is 1. The van der Waals surface area contributed by atoms with Gasteiger partial charge in [-0.15, -0.1) is 0 Å². The third-order valence-electron chi connectivity index (χ3n) is 10.7. The molecule has 4 rings (SSSR count). The maximum absolute atomic E-state index is 14.1. The lowest BCUT2D eigenvalue weighted by molar-refractivity contribution is -0.121. The van der Waals surface area contributed by atoms with Gasteiger partial charge in [-0.05, 0) is 137 Å². The number of fused-ring (bicyclic) bond motifs is 1. The molecule has 346 valence electrons. The predicted molar refractivity (Wildman–Crippen MR) is 278 cm³/mol. The summed E-state index contributed by atoms with van der Waals surface area (Å²) in [5.41, 5.74) is 7.78. The van der Waals surface area contributed by atoms with E-state index in [2.05, 4.69) is 114 Å². The average Bonchev–Trinajstić information content (AvgIpc) is 3.69. The minimum atomic E-state index is -1.28. The minimum Gasteiger partial charge on any atom is -0.493 e. The van der Waals surface area contributed by atoms with Crippen molar-refractivity contribution in [2.24, 2.45) is 15.9 Å². The van der Waals surface area contributed by atoms with Crippen molar-refractivity contribution in [1.29, 1.82) is 0 Å². The number of carbonyl (C=O) groups excluding carboxylic acids is 2. The number of thiol groups is 1. The normalized spacial score (nSPS) is 14.1. The Balaban J connectivity index is 0.00000215. The van der Waals surface area contributed by atoms with Crippen LogP contribution in [0.25, 0.3) is 0 Å². The van der Waals surface area contributed by atoms with Gasteiger partial charge in [-0.2, -0.15) is 24.4 Å². The summed E-state index contributed by atoms with van der Waals surface area (Å²) < 4.78 is 12.0. The van der Waals surface area contributed by atoms with Gasteiger partial charge in [-0.25, -0.2) is 0 Å². The van der Waals surface area contributed by atoms with Gasteiger partial charge in [-0.1, -0.05) is 97.7 Å². The third-order valence-corrected chi connectivity index (χ3v) is 12.0. The van der Waals surface area contributed by atoms with E-state index in [1.807, 2.05) is 68.8 Å². The molecule has 1 N–H and O–H groups in total. The number of unbranched alkanes of at least 4 members (excludes halogenated alkanes) is 1. The van der Waals surface area contributed by atoms with Crippen LogP contribution in [0.2, 0.25) is 0 Å². The second-order valence-electron chi connectivity index (χ2n) is 16.7. The molecule has 2 unspecified atom stereocenters. The smallest absolute Gasteiger partial charge is 0.258 e. The number of nitrogens with zero attached hydrogens (tertiary/aromatic N) is 3. The number of aliphatic imine (C=N–C) groups is 2. The van der Waals surface area contributed by atoms with E-state index in [1.165, 1.54) is 35.1 Å². The molecule has 8 nitrogen and oxygen atoms in total. The fourth-order valence-electron chi connectivity index (χ4n) is 6.70. The predicted octanol–water partition coefficient (Wildman–Crippen LogP) is 13.6. The van der Waals surface area contributed by atoms with Crippen molar-refractivity contribution >= 4 is 66.1 Å². The van der Waals surface area contributed by atoms with Crippen LogP contribution in [-0.4, -0.2) is 67.5 Å². The minimum absolute atomic E-state index is 0.0175. The van der Waals surface area contributed by atoms with Gasteiger partial charge < -0.3 is 19.7 Å². The molecule has 63 heavy (non-hydrogen) atoms. The molecule has 0 radical (unpaired) electrons. The van der Waals surface area contributed by atoms with Gasteiger partial charge in [0.1, 0.15) is 0 Å². The molecule has 0 bridgehead atoms. The van der Waals surface area contributed by atoms with E-state index < -0.39 is 5.54 Å². The first kappa shape index (κ1) is 54.9. The van der Waals surface area contributed by atoms with Crippen molar-refractivity contribution in [3.8, 4) is 0 Å². The molecule has 0 aromatic heterocycles. The Bertz CT molecular complexity index is 2020. The van der Waals surface area contributed by atoms with Gasteiger partial charge in [0.15, 0.2) is 22.8 Å². The van der Waals surface area contributed by atoms with Crippen molar-refractivity contribution in [3.63, 3.8) is 0 Å². The average molecular weight is 899 g/mol. The van der Waals surface area contributed by atoms with E-state index in [-0.39, 0.29) is 22.4 Å². The van der Waals surface area contributed by atoms with Crippen molar-refractivity contribution < 1.29 is 19.1 Å². The summed E-state index contributed by atoms with van der Waals surface area (Å²) >= 11 is 6.55. The second-order valence-corrected chi connectivity index (χ2v) is 19.0. The molecule has 3 aromatic rings. The highest BCUT2D eigenvalue weighted by Gasteiger charge is 2.38. The zero-order chi connectivity index (χ0) is 47.2. The van der Waals surface area contributed by atoms with Gasteiger partial charge in [0, 0.05) is 46.7 Å². The zero-order valence-electron chi connectivity index (χ0n) is 40.8. The maximum Gasteiger partial charge on any atom is 0.258 e. The lowest BCUT2D eigenvalue weighted by Gasteiger charge is -2.28. The zero-order valence-corrected chi connectivity index (χ0v) is 42.5. The molecule has 0 aliphatic carbocycles. The van der Waals surface area contributed by atoms with E-state index >= 15 is 0 Å². The van der Waals surface area contributed by atoms with Crippen LogP contribution in [0.5, 0.6) is 0 Å². The SMILES string of the molecule is C=NC(C)(/C=C(OC)\C(=C/C)OCCCNc1cc(N=CC(C)Cc2ccccc2C)c(C(C)=O)cc1C)C(=O)N1CCc2cc(CSCCC(C)(C)S)ccc21.CC.CCCC. The number of rotatable bonds is 22. The Kier molecular flexibility index (Phi) is 24.2. The quantitative estimate of drug-likeness (QED) is 0.0261. The Labute approximate surface area is 391 Å². The van der Waals surface area contributed by atoms with Gasteiger partial charge in [-0.3, -0.25) is 19.6 Å². The van der Waals surface area contributed by atoms with Crippen molar-refractivity contribution in [2.75, 3.05) is 42.8 Å². The topological polar surface area (TPSA) is 92.6 Å². The highest BCUT2D eigenvalue weighted by Crippen LogP contribution is 2.34. The van der Waals surface area contributed by atoms with Crippen molar-refractivity contribution in [3.05, 3.63) is 112 Å². The number of carbonyl (C=O) groups is 2. The van der Waals surface area contributed by atoms with E-state index in [0.29, 0.717) is 48.9 Å². The number of aryl methyl sites for hydroxylation is 2. The van der Waals surface area contributed by atoms with Crippen molar-refractivity contribution in [1.82, 2.24) is 0 Å². The summed E-state index contributed by atoms with van der Waals surface area (Å²) in [5.74, 6) is 2.93. The Hall–Kier alpha value is -4.28. The van der Waals surface area contributed by atoms with E-state index in [4.69, 9.17) is 14.5 Å². The highest BCUT2D eigenvalue weighted by molar-refractivity contribution is 7.98. The largest absolute Gasteiger partial charge is 0.493 e. The lowest BCUT2D eigenvalue weighted by atomic mass is 9.98. The Morgan fingerprint density at radius 3 is 2.33 bits per heavy atom. The molecule has 0 saturated heterocycles. The molecular weight excluding hydrogens is 821 g/mol. The number of thioether (sulfide) groups is 1. The molecule has 10 heteroatoms. The number of amides is 1. The number of hydrogen-bond donors (Lipinski definition) is 2. The summed E-state index contributed by atoms with van der Waals surface area (Å²) in [4.78, 5) is 37.6. The monoisotopic (exact) mass is 899 g/mol. The van der Waals surface area contributed by atoms with E-state index in [0.717, 1.165) is 47.7 Å². The lowest BCUT2D eigenvalue weighted by Crippen LogP contribution is -2.44. The number of methoxy groups -OCH3 is 1. The molecule has 1 amide bonds. The number of nitrogens with one attached hydrogen (secondary N) is 1. The van der Waals surface area contributed by atoms with Crippen LogP contribution < -0.4 is 10.2 Å². The maximum atomic E-state index is 14.1. The van der Waals surface area contributed by atoms with Crippen LogP contribution in [0.4, 0.5) is 17.1 Å². The first-order valence-corrected chi connectivity index (χ1v) is 24.4. The van der Waals surface area contributed by atoms with Crippen LogP contribution in [-0.2, 0) is 32.9 Å². The van der Waals surface area contributed by atoms with Gasteiger partial charge in [0.2, 0.25) is 0 Å². The summed E-state index contributed by atoms with van der Waals surface area (Å²) in [6.07, 6.45) is 11.5. The molecule has 0 fully saturated rings. The third kappa shape index (κ3) is 17.7. The van der Waals surface area contributed by atoms with Gasteiger partial charge in [0.25, 0.3) is 5.91 Å². The number of ketones is 1. The number of Topliss-reactive ketones (excluding diaryl/α,β-unsaturated/α-hetero) is 1. The molecule has 0 saturated carbocycles. The van der Waals surface area contributed by atoms with E-state index in [1.54, 1.807) is 27.0 Å². The van der Waals surface area contributed by atoms with Gasteiger partial charge >= 0.3 is 0 Å². The number of anilines is 2. The standard InChI is InChI=1S/C47H62N4O4S2.C4H10.C2H6/c1-11-43(44(54-10)29-47(8,48-9)45(53)51-22-19-38-27-36(17-18-42(38)51)31-57-24-20-46(6,7)56)55-23-14-21-49-40-28-41(39(35(5)52)26-34(40)4)50-30-32(2)25-37-16-13-12-15-33(37)3;1-3-4-2;1-2/h11-13,15-18,26-30,32,49,56H,9,14,19-25,31H2,1-8,10H3;3-4H2,1-2H3;1-2H3/b43-11+,44-29+,50-30?;;. The van der Waals surface area contributed by atoms with Crippen LogP contribution in [0.3, 0.4) is 0 Å². The number of hydrogen-bond acceptors (Lipinski definition) is 9. The van der Waals surface area contributed by atoms with E-state index in [9.17, 15) is 9.59 Å².